The van der Waals surface area contributed by atoms with Crippen molar-refractivity contribution in [3.63, 3.8) is 0 Å². The van der Waals surface area contributed by atoms with Crippen molar-refractivity contribution in [2.24, 2.45) is 5.92 Å². The van der Waals surface area contributed by atoms with Crippen LogP contribution < -0.4 is 10.6 Å². The fraction of sp³-hybridized carbons (Fsp3) is 0.600. The van der Waals surface area contributed by atoms with E-state index in [1.54, 1.807) is 0 Å². The van der Waals surface area contributed by atoms with Gasteiger partial charge < -0.3 is 20.5 Å². The fourth-order valence-electron chi connectivity index (χ4n) is 1.98. The maximum atomic E-state index is 11.6. The van der Waals surface area contributed by atoms with Crippen molar-refractivity contribution in [2.45, 2.75) is 12.1 Å². The molecule has 2 rings (SSSR count). The first-order chi connectivity index (χ1) is 8.87. The molecule has 0 radical (unpaired) electrons. The van der Waals surface area contributed by atoms with Crippen molar-refractivity contribution in [3.05, 3.63) is 11.5 Å². The maximum Gasteiger partial charge on any atom is 0.315 e. The van der Waals surface area contributed by atoms with Crippen molar-refractivity contribution >= 4 is 21.8 Å². The molecule has 1 fully saturated rings. The van der Waals surface area contributed by atoms with Gasteiger partial charge in [0.25, 0.3) is 0 Å². The molecule has 3 N–H and O–H groups in total. The van der Waals surface area contributed by atoms with E-state index < -0.39 is 39.8 Å². The predicted octanol–water partition coefficient (Wildman–Crippen LogP) is -1.30. The molecule has 2 aliphatic rings. The van der Waals surface area contributed by atoms with E-state index in [2.05, 4.69) is 10.6 Å². The minimum absolute atomic E-state index is 0.0536. The SMILES string of the molecule is O=C(NC1C=CS(=O)(=O)C1)NC1COCC1C(=O)O. The van der Waals surface area contributed by atoms with Crippen LogP contribution >= 0.6 is 0 Å². The van der Waals surface area contributed by atoms with Gasteiger partial charge in [0.2, 0.25) is 0 Å². The first kappa shape index (κ1) is 13.8. The summed E-state index contributed by atoms with van der Waals surface area (Å²) in [6.07, 6.45) is 1.38. The van der Waals surface area contributed by atoms with Gasteiger partial charge in [-0.15, -0.1) is 0 Å². The highest BCUT2D eigenvalue weighted by atomic mass is 32.2. The summed E-state index contributed by atoms with van der Waals surface area (Å²) in [5.41, 5.74) is 0. The van der Waals surface area contributed by atoms with Gasteiger partial charge in [-0.25, -0.2) is 13.2 Å². The largest absolute Gasteiger partial charge is 0.481 e. The Hall–Kier alpha value is -1.61. The zero-order valence-corrected chi connectivity index (χ0v) is 10.7. The van der Waals surface area contributed by atoms with Gasteiger partial charge in [0.15, 0.2) is 9.84 Å². The summed E-state index contributed by atoms with van der Waals surface area (Å²) in [6.45, 7) is 0.182. The zero-order chi connectivity index (χ0) is 14.0. The minimum Gasteiger partial charge on any atom is -0.481 e. The van der Waals surface area contributed by atoms with Crippen LogP contribution in [0.5, 0.6) is 0 Å². The highest BCUT2D eigenvalue weighted by Gasteiger charge is 2.35. The number of amides is 2. The van der Waals surface area contributed by atoms with Crippen LogP contribution in [-0.2, 0) is 19.4 Å². The van der Waals surface area contributed by atoms with Crippen LogP contribution in [0.25, 0.3) is 0 Å². The predicted molar refractivity (Wildman–Crippen MR) is 64.1 cm³/mol. The second-order valence-corrected chi connectivity index (χ2v) is 6.40. The average Bonchev–Trinajstić information content (AvgIpc) is 2.85. The number of sulfone groups is 1. The summed E-state index contributed by atoms with van der Waals surface area (Å²) in [4.78, 5) is 22.5. The van der Waals surface area contributed by atoms with E-state index in [0.717, 1.165) is 5.41 Å². The highest BCUT2D eigenvalue weighted by molar-refractivity contribution is 7.94. The van der Waals surface area contributed by atoms with Crippen molar-refractivity contribution in [2.75, 3.05) is 19.0 Å². The Labute approximate surface area is 109 Å². The molecule has 3 atom stereocenters. The number of ether oxygens (including phenoxy) is 1. The second-order valence-electron chi connectivity index (χ2n) is 4.47. The molecule has 0 saturated carbocycles. The summed E-state index contributed by atoms with van der Waals surface area (Å²) < 4.78 is 27.3. The number of carboxylic acid groups (broad SMARTS) is 1. The Bertz CT molecular complexity index is 514. The number of nitrogens with one attached hydrogen (secondary N) is 2. The third-order valence-corrected chi connectivity index (χ3v) is 4.36. The molecule has 8 nitrogen and oxygen atoms in total. The number of carboxylic acids is 1. The van der Waals surface area contributed by atoms with Gasteiger partial charge in [0.1, 0.15) is 5.92 Å². The molecule has 106 valence electrons. The smallest absolute Gasteiger partial charge is 0.315 e. The lowest BCUT2D eigenvalue weighted by atomic mass is 10.0. The number of carbonyl (C=O) groups is 2. The molecule has 9 heteroatoms. The second kappa shape index (κ2) is 5.17. The third kappa shape index (κ3) is 3.44. The zero-order valence-electron chi connectivity index (χ0n) is 9.90. The molecule has 1 saturated heterocycles. The molecule has 0 bridgehead atoms. The summed E-state index contributed by atoms with van der Waals surface area (Å²) >= 11 is 0. The topological polar surface area (TPSA) is 122 Å². The minimum atomic E-state index is -3.23. The Morgan fingerprint density at radius 2 is 2.00 bits per heavy atom. The number of rotatable bonds is 3. The van der Waals surface area contributed by atoms with Crippen molar-refractivity contribution in [1.82, 2.24) is 10.6 Å². The van der Waals surface area contributed by atoms with Gasteiger partial charge in [-0.05, 0) is 6.08 Å². The van der Waals surface area contributed by atoms with Gasteiger partial charge >= 0.3 is 12.0 Å². The van der Waals surface area contributed by atoms with Crippen molar-refractivity contribution < 1.29 is 27.9 Å². The van der Waals surface area contributed by atoms with Crippen LogP contribution in [0, 0.1) is 5.92 Å². The number of hydrogen-bond acceptors (Lipinski definition) is 5. The summed E-state index contributed by atoms with van der Waals surface area (Å²) in [6, 6.07) is -1.80. The molecule has 0 aromatic rings. The lowest BCUT2D eigenvalue weighted by Crippen LogP contribution is -2.50. The third-order valence-electron chi connectivity index (χ3n) is 2.96. The van der Waals surface area contributed by atoms with Crippen LogP contribution in [-0.4, -0.2) is 56.6 Å². The molecule has 2 aliphatic heterocycles. The Morgan fingerprint density at radius 1 is 1.26 bits per heavy atom. The molecular formula is C10H14N2O6S. The number of hydrogen-bond donors (Lipinski definition) is 3. The van der Waals surface area contributed by atoms with Gasteiger partial charge in [-0.2, -0.15) is 0 Å². The van der Waals surface area contributed by atoms with Gasteiger partial charge in [0.05, 0.1) is 31.1 Å². The maximum absolute atomic E-state index is 11.6. The molecule has 0 aliphatic carbocycles. The van der Waals surface area contributed by atoms with E-state index in [1.165, 1.54) is 6.08 Å². The van der Waals surface area contributed by atoms with Gasteiger partial charge in [0, 0.05) is 5.41 Å². The van der Waals surface area contributed by atoms with E-state index in [9.17, 15) is 18.0 Å². The first-order valence-electron chi connectivity index (χ1n) is 5.66. The Morgan fingerprint density at radius 3 is 2.58 bits per heavy atom. The summed E-state index contributed by atoms with van der Waals surface area (Å²) in [5.74, 6) is -2.00. The quantitative estimate of drug-likeness (QED) is 0.593. The van der Waals surface area contributed by atoms with Crippen LogP contribution in [0.1, 0.15) is 0 Å². The van der Waals surface area contributed by atoms with Crippen LogP contribution in [0.2, 0.25) is 0 Å². The van der Waals surface area contributed by atoms with E-state index in [1.807, 2.05) is 0 Å². The van der Waals surface area contributed by atoms with Gasteiger partial charge in [-0.3, -0.25) is 4.79 Å². The lowest BCUT2D eigenvalue weighted by molar-refractivity contribution is -0.142. The van der Waals surface area contributed by atoms with E-state index in [-0.39, 0.29) is 19.0 Å². The highest BCUT2D eigenvalue weighted by Crippen LogP contribution is 2.14. The molecule has 3 unspecified atom stereocenters. The normalized spacial score (nSPS) is 32.1. The van der Waals surface area contributed by atoms with E-state index in [0.29, 0.717) is 0 Å². The molecule has 19 heavy (non-hydrogen) atoms. The number of carbonyl (C=O) groups excluding carboxylic acids is 1. The molecular weight excluding hydrogens is 276 g/mol. The summed E-state index contributed by atoms with van der Waals surface area (Å²) in [5, 5.41) is 14.9. The summed E-state index contributed by atoms with van der Waals surface area (Å²) in [7, 11) is -3.23. The van der Waals surface area contributed by atoms with E-state index >= 15 is 0 Å². The molecule has 0 aromatic carbocycles. The molecule has 2 amide bonds. The van der Waals surface area contributed by atoms with Crippen molar-refractivity contribution in [3.8, 4) is 0 Å². The average molecular weight is 290 g/mol. The fourth-order valence-corrected chi connectivity index (χ4v) is 3.22. The lowest BCUT2D eigenvalue weighted by Gasteiger charge is -2.17. The number of aliphatic carboxylic acids is 1. The van der Waals surface area contributed by atoms with Gasteiger partial charge in [-0.1, -0.05) is 0 Å². The van der Waals surface area contributed by atoms with E-state index in [4.69, 9.17) is 9.84 Å². The van der Waals surface area contributed by atoms with Crippen molar-refractivity contribution in [1.29, 1.82) is 0 Å². The standard InChI is InChI=1S/C10H14N2O6S/c13-9(14)7-3-18-4-8(7)12-10(15)11-6-1-2-19(16,17)5-6/h1-2,6-8H,3-5H2,(H,13,14)(H2,11,12,15). The van der Waals surface area contributed by atoms with Crippen LogP contribution in [0.3, 0.4) is 0 Å². The van der Waals surface area contributed by atoms with Crippen LogP contribution in [0.15, 0.2) is 11.5 Å². The molecule has 0 spiro atoms. The molecule has 2 heterocycles. The monoisotopic (exact) mass is 290 g/mol. The number of urea groups is 1. The van der Waals surface area contributed by atoms with Crippen LogP contribution in [0.4, 0.5) is 4.79 Å². The Kier molecular flexibility index (Phi) is 3.76. The Balaban J connectivity index is 1.85. The molecule has 0 aromatic heterocycles. The first-order valence-corrected chi connectivity index (χ1v) is 7.37.